The zero-order valence-electron chi connectivity index (χ0n) is 13.4. The van der Waals surface area contributed by atoms with Crippen molar-refractivity contribution >= 4 is 26.6 Å². The second-order valence-electron chi connectivity index (χ2n) is 5.89. The molecule has 0 bridgehead atoms. The number of halogens is 2. The van der Waals surface area contributed by atoms with Crippen molar-refractivity contribution in [3.05, 3.63) is 46.5 Å². The molecule has 1 aromatic carbocycles. The molecule has 0 atom stereocenters. The Hall–Kier alpha value is -0.00169. The van der Waals surface area contributed by atoms with E-state index in [2.05, 4.69) is 101 Å². The molecule has 2 heterocycles. The van der Waals surface area contributed by atoms with E-state index in [9.17, 15) is 0 Å². The van der Waals surface area contributed by atoms with Crippen LogP contribution in [0.1, 0.15) is 12.8 Å². The molecular formula is C16H23Br2N4Pt. The van der Waals surface area contributed by atoms with Gasteiger partial charge in [-0.2, -0.15) is 0 Å². The molecule has 1 aliphatic rings. The summed E-state index contributed by atoms with van der Waals surface area (Å²) in [5.41, 5.74) is 1.19. The molecule has 1 N–H and O–H groups in total. The van der Waals surface area contributed by atoms with Gasteiger partial charge in [0, 0.05) is 0 Å². The van der Waals surface area contributed by atoms with E-state index in [1.165, 1.54) is 35.4 Å². The van der Waals surface area contributed by atoms with Crippen LogP contribution in [-0.2, 0) is 18.8 Å². The van der Waals surface area contributed by atoms with Crippen LogP contribution in [0.5, 0.6) is 0 Å². The van der Waals surface area contributed by atoms with Crippen LogP contribution < -0.4 is 3.88 Å². The monoisotopic (exact) mass is 624 g/mol. The van der Waals surface area contributed by atoms with Crippen molar-refractivity contribution in [2.24, 2.45) is 7.05 Å². The molecule has 0 spiro atoms. The van der Waals surface area contributed by atoms with Gasteiger partial charge in [0.25, 0.3) is 0 Å². The third kappa shape index (κ3) is 4.16. The van der Waals surface area contributed by atoms with Crippen molar-refractivity contribution in [3.8, 4) is 5.69 Å². The number of benzene rings is 1. The Morgan fingerprint density at radius 2 is 1.70 bits per heavy atom. The summed E-state index contributed by atoms with van der Waals surface area (Å²) in [5.74, 6) is 0. The molecule has 3 rings (SSSR count). The Bertz CT molecular complexity index is 739. The van der Waals surface area contributed by atoms with Crippen molar-refractivity contribution in [1.82, 2.24) is 17.9 Å². The van der Waals surface area contributed by atoms with Gasteiger partial charge >= 0.3 is 155 Å². The van der Waals surface area contributed by atoms with Crippen LogP contribution in [0.3, 0.4) is 0 Å². The van der Waals surface area contributed by atoms with Crippen molar-refractivity contribution in [3.63, 3.8) is 0 Å². The van der Waals surface area contributed by atoms with Crippen LogP contribution in [0.4, 0.5) is 0 Å². The molecule has 4 nitrogen and oxygen atoms in total. The van der Waals surface area contributed by atoms with E-state index in [0.717, 1.165) is 0 Å². The Kier molecular flexibility index (Phi) is 5.80. The van der Waals surface area contributed by atoms with Crippen LogP contribution in [-0.4, -0.2) is 40.2 Å². The minimum atomic E-state index is -2.62. The fraction of sp³-hybridized carbons (Fsp3) is 0.438. The van der Waals surface area contributed by atoms with Crippen LogP contribution in [0, 0.1) is 3.80 Å². The number of rotatable bonds is 3. The molecule has 1 fully saturated rings. The second kappa shape index (κ2) is 7.49. The summed E-state index contributed by atoms with van der Waals surface area (Å²) in [5, 5.41) is 0. The predicted octanol–water partition coefficient (Wildman–Crippen LogP) is 3.72. The zero-order chi connectivity index (χ0) is 16.4. The van der Waals surface area contributed by atoms with Gasteiger partial charge in [-0.05, 0) is 0 Å². The summed E-state index contributed by atoms with van der Waals surface area (Å²) in [7, 11) is 4.32. The Morgan fingerprint density at radius 1 is 1.04 bits per heavy atom. The molecule has 2 aromatic rings. The second-order valence-corrected chi connectivity index (χ2v) is 28.0. The Balaban J connectivity index is 2.01. The Labute approximate surface area is 153 Å². The maximum absolute atomic E-state index is 4.05. The van der Waals surface area contributed by atoms with E-state index in [0.29, 0.717) is 6.04 Å². The first-order chi connectivity index (χ1) is 11.0. The van der Waals surface area contributed by atoms with Gasteiger partial charge in [0.05, 0.1) is 0 Å². The van der Waals surface area contributed by atoms with Crippen LogP contribution in [0.2, 0.25) is 0 Å². The molecule has 131 valence electrons. The summed E-state index contributed by atoms with van der Waals surface area (Å²) in [6.07, 6.45) is 6.67. The molecule has 0 saturated carbocycles. The van der Waals surface area contributed by atoms with E-state index in [-0.39, 0.29) is 0 Å². The quantitative estimate of drug-likeness (QED) is 0.563. The summed E-state index contributed by atoms with van der Waals surface area (Å²) in [4.78, 5) is 2.40. The topological polar surface area (TPSA) is 25.1 Å². The fourth-order valence-corrected chi connectivity index (χ4v) is 15.4. The molecule has 1 aliphatic heterocycles. The predicted molar refractivity (Wildman–Crippen MR) is 99.5 cm³/mol. The molecule has 0 amide bonds. The SMILES string of the molecule is CN1CCC([NH][Pt]([Br])([Br])=[c]2n(C)ccn2-c2ccccc2)CC1. The van der Waals surface area contributed by atoms with E-state index in [4.69, 9.17) is 0 Å². The van der Waals surface area contributed by atoms with Crippen molar-refractivity contribution in [2.75, 3.05) is 20.1 Å². The first-order valence-electron chi connectivity index (χ1n) is 7.62. The number of nitrogens with zero attached hydrogens (tertiary/aromatic N) is 3. The number of piperidine rings is 1. The summed E-state index contributed by atoms with van der Waals surface area (Å²) >= 11 is 5.47. The molecular weight excluding hydrogens is 603 g/mol. The van der Waals surface area contributed by atoms with E-state index in [1.54, 1.807) is 0 Å². The minimum absolute atomic E-state index is 0.570. The average Bonchev–Trinajstić information content (AvgIpc) is 2.93. The van der Waals surface area contributed by atoms with Crippen molar-refractivity contribution in [2.45, 2.75) is 18.9 Å². The molecule has 7 heteroatoms. The van der Waals surface area contributed by atoms with Gasteiger partial charge in [-0.3, -0.25) is 0 Å². The normalized spacial score (nSPS) is 18.3. The summed E-state index contributed by atoms with van der Waals surface area (Å²) in [6.45, 7) is 2.33. The number of hydrogen-bond acceptors (Lipinski definition) is 2. The van der Waals surface area contributed by atoms with Crippen molar-refractivity contribution < 1.29 is 11.7 Å². The standard InChI is InChI=1S/C10H10N2.C6H13N2.2BrH.Pt/c1-11-7-8-12(9-11)10-5-3-2-4-6-10;1-8-4-2-6(7)3-5-8;;;/h2-8H,1H3;6-7H,2-5H2,1H3;2*1H;/q;-1;;;+3/p-2. The van der Waals surface area contributed by atoms with Crippen molar-refractivity contribution in [1.29, 1.82) is 0 Å². The number of aryl methyl sites for hydroxylation is 1. The third-order valence-corrected chi connectivity index (χ3v) is 14.5. The van der Waals surface area contributed by atoms with Crippen LogP contribution in [0.25, 0.3) is 5.69 Å². The van der Waals surface area contributed by atoms with Gasteiger partial charge in [0.2, 0.25) is 0 Å². The Morgan fingerprint density at radius 3 is 2.35 bits per heavy atom. The van der Waals surface area contributed by atoms with E-state index in [1.807, 2.05) is 0 Å². The van der Waals surface area contributed by atoms with Gasteiger partial charge in [-0.15, -0.1) is 0 Å². The molecule has 1 aromatic heterocycles. The maximum atomic E-state index is 4.05. The molecule has 0 radical (unpaired) electrons. The first-order valence-corrected chi connectivity index (χ1v) is 19.8. The van der Waals surface area contributed by atoms with E-state index < -0.39 is 11.7 Å². The van der Waals surface area contributed by atoms with Gasteiger partial charge in [0.1, 0.15) is 0 Å². The van der Waals surface area contributed by atoms with Gasteiger partial charge in [-0.1, -0.05) is 0 Å². The molecule has 0 unspecified atom stereocenters. The number of aromatic nitrogens is 2. The zero-order valence-corrected chi connectivity index (χ0v) is 18.8. The number of para-hydroxylation sites is 1. The number of nitrogens with one attached hydrogen (secondary N) is 1. The van der Waals surface area contributed by atoms with Gasteiger partial charge in [-0.25, -0.2) is 0 Å². The summed E-state index contributed by atoms with van der Waals surface area (Å²) in [6, 6.07) is 11.1. The molecule has 0 aliphatic carbocycles. The summed E-state index contributed by atoms with van der Waals surface area (Å²) < 4.78 is 9.71. The van der Waals surface area contributed by atoms with Gasteiger partial charge < -0.3 is 0 Å². The number of hydrogen-bond donors (Lipinski definition) is 1. The van der Waals surface area contributed by atoms with Gasteiger partial charge in [0.15, 0.2) is 0 Å². The molecule has 1 saturated heterocycles. The number of imidazole rings is 1. The first kappa shape index (κ1) is 17.8. The average molecular weight is 626 g/mol. The number of likely N-dealkylation sites (tertiary alicyclic amines) is 1. The third-order valence-electron chi connectivity index (χ3n) is 4.07. The van der Waals surface area contributed by atoms with Crippen LogP contribution in [0.15, 0.2) is 42.7 Å². The molecule has 23 heavy (non-hydrogen) atoms. The fourth-order valence-electron chi connectivity index (χ4n) is 2.76. The van der Waals surface area contributed by atoms with Crippen LogP contribution >= 0.6 is 26.6 Å². The van der Waals surface area contributed by atoms with E-state index >= 15 is 0 Å².